The lowest BCUT2D eigenvalue weighted by Crippen LogP contribution is -1.85. The third-order valence-electron chi connectivity index (χ3n) is 2.42. The van der Waals surface area contributed by atoms with Gasteiger partial charge in [-0.15, -0.1) is 11.3 Å². The minimum absolute atomic E-state index is 0.297. The van der Waals surface area contributed by atoms with E-state index in [0.717, 1.165) is 45.3 Å². The Morgan fingerprint density at radius 2 is 2.18 bits per heavy atom. The van der Waals surface area contributed by atoms with Crippen LogP contribution >= 0.6 is 23.1 Å². The molecule has 3 nitrogen and oxygen atoms in total. The Balaban J connectivity index is 1.91. The van der Waals surface area contributed by atoms with Crippen LogP contribution in [0.1, 0.15) is 19.3 Å². The first kappa shape index (κ1) is 12.7. The first-order valence-corrected chi connectivity index (χ1v) is 7.49. The molecule has 1 aromatic carbocycles. The zero-order valence-electron chi connectivity index (χ0n) is 9.56. The summed E-state index contributed by atoms with van der Waals surface area (Å²) in [6, 6.07) is 5.83. The lowest BCUT2D eigenvalue weighted by atomic mass is 10.3. The van der Waals surface area contributed by atoms with Gasteiger partial charge in [-0.25, -0.2) is 4.98 Å². The average Bonchev–Trinajstić information content (AvgIpc) is 2.70. The van der Waals surface area contributed by atoms with Crippen LogP contribution in [-0.4, -0.2) is 22.5 Å². The van der Waals surface area contributed by atoms with E-state index in [1.165, 1.54) is 0 Å². The Bertz CT molecular complexity index is 484. The Morgan fingerprint density at radius 3 is 3.00 bits per heavy atom. The lowest BCUT2D eigenvalue weighted by Gasteiger charge is -1.96. The molecule has 3 N–H and O–H groups in total. The van der Waals surface area contributed by atoms with E-state index in [1.807, 2.05) is 18.2 Å². The van der Waals surface area contributed by atoms with Crippen molar-refractivity contribution >= 4 is 39.0 Å². The first-order valence-electron chi connectivity index (χ1n) is 5.69. The fraction of sp³-hybridized carbons (Fsp3) is 0.417. The number of aliphatic hydroxyl groups is 1. The number of aromatic nitrogens is 1. The number of hydrogen-bond donors (Lipinski definition) is 2. The van der Waals surface area contributed by atoms with Gasteiger partial charge in [0.05, 0.1) is 10.2 Å². The van der Waals surface area contributed by atoms with Gasteiger partial charge in [0, 0.05) is 18.0 Å². The van der Waals surface area contributed by atoms with Crippen molar-refractivity contribution in [3.8, 4) is 0 Å². The van der Waals surface area contributed by atoms with E-state index in [0.29, 0.717) is 6.61 Å². The van der Waals surface area contributed by atoms with Gasteiger partial charge in [0.1, 0.15) is 0 Å². The standard InChI is InChI=1S/C12H16N2OS2/c13-9-4-5-10-11(8-9)17-12(14-10)16-7-3-1-2-6-15/h4-5,8,15H,1-3,6-7,13H2. The van der Waals surface area contributed by atoms with Gasteiger partial charge in [-0.2, -0.15) is 0 Å². The predicted molar refractivity (Wildman–Crippen MR) is 75.7 cm³/mol. The van der Waals surface area contributed by atoms with E-state index < -0.39 is 0 Å². The number of unbranched alkanes of at least 4 members (excludes halogenated alkanes) is 2. The highest BCUT2D eigenvalue weighted by Crippen LogP contribution is 2.31. The number of anilines is 1. The Hall–Kier alpha value is -0.780. The highest BCUT2D eigenvalue weighted by Gasteiger charge is 2.04. The molecule has 0 fully saturated rings. The van der Waals surface area contributed by atoms with Crippen LogP contribution < -0.4 is 5.73 Å². The van der Waals surface area contributed by atoms with Crippen LogP contribution in [0.3, 0.4) is 0 Å². The van der Waals surface area contributed by atoms with Crippen molar-refractivity contribution in [2.75, 3.05) is 18.1 Å². The highest BCUT2D eigenvalue weighted by molar-refractivity contribution is 8.01. The molecule has 0 saturated heterocycles. The third kappa shape index (κ3) is 3.59. The van der Waals surface area contributed by atoms with E-state index in [2.05, 4.69) is 4.98 Å². The molecule has 0 atom stereocenters. The summed E-state index contributed by atoms with van der Waals surface area (Å²) in [5, 5.41) is 8.67. The Kier molecular flexibility index (Phi) is 4.65. The van der Waals surface area contributed by atoms with E-state index >= 15 is 0 Å². The van der Waals surface area contributed by atoms with Gasteiger partial charge in [0.25, 0.3) is 0 Å². The average molecular weight is 268 g/mol. The normalized spacial score (nSPS) is 11.1. The molecule has 0 saturated carbocycles. The topological polar surface area (TPSA) is 59.1 Å². The molecular formula is C12H16N2OS2. The SMILES string of the molecule is Nc1ccc2nc(SCCCCCO)sc2c1. The lowest BCUT2D eigenvalue weighted by molar-refractivity contribution is 0.284. The van der Waals surface area contributed by atoms with Gasteiger partial charge in [-0.05, 0) is 31.0 Å². The number of nitrogens with two attached hydrogens (primary N) is 1. The highest BCUT2D eigenvalue weighted by atomic mass is 32.2. The smallest absolute Gasteiger partial charge is 0.151 e. The molecule has 1 heterocycles. The monoisotopic (exact) mass is 268 g/mol. The molecule has 0 bridgehead atoms. The van der Waals surface area contributed by atoms with Gasteiger partial charge in [0.15, 0.2) is 4.34 Å². The number of aliphatic hydroxyl groups excluding tert-OH is 1. The zero-order valence-corrected chi connectivity index (χ0v) is 11.2. The van der Waals surface area contributed by atoms with E-state index in [1.54, 1.807) is 23.1 Å². The summed E-state index contributed by atoms with van der Waals surface area (Å²) < 4.78 is 2.26. The van der Waals surface area contributed by atoms with Gasteiger partial charge < -0.3 is 10.8 Å². The van der Waals surface area contributed by atoms with Crippen molar-refractivity contribution in [2.45, 2.75) is 23.6 Å². The van der Waals surface area contributed by atoms with Gasteiger partial charge in [-0.3, -0.25) is 0 Å². The summed E-state index contributed by atoms with van der Waals surface area (Å²) in [5.74, 6) is 1.06. The second-order valence-electron chi connectivity index (χ2n) is 3.84. The number of fused-ring (bicyclic) bond motifs is 1. The van der Waals surface area contributed by atoms with E-state index in [-0.39, 0.29) is 0 Å². The van der Waals surface area contributed by atoms with Crippen LogP contribution in [0.25, 0.3) is 10.2 Å². The summed E-state index contributed by atoms with van der Waals surface area (Å²) in [7, 11) is 0. The molecule has 0 unspecified atom stereocenters. The first-order chi connectivity index (χ1) is 8.29. The largest absolute Gasteiger partial charge is 0.399 e. The number of nitrogen functional groups attached to an aromatic ring is 1. The number of rotatable bonds is 6. The van der Waals surface area contributed by atoms with Crippen molar-refractivity contribution in [2.24, 2.45) is 0 Å². The molecule has 2 aromatic rings. The summed E-state index contributed by atoms with van der Waals surface area (Å²) >= 11 is 3.49. The van der Waals surface area contributed by atoms with Crippen molar-refractivity contribution in [1.82, 2.24) is 4.98 Å². The van der Waals surface area contributed by atoms with Gasteiger partial charge >= 0.3 is 0 Å². The summed E-state index contributed by atoms with van der Waals surface area (Å²) in [6.07, 6.45) is 3.11. The number of thioether (sulfide) groups is 1. The summed E-state index contributed by atoms with van der Waals surface area (Å²) in [4.78, 5) is 4.55. The molecule has 5 heteroatoms. The molecule has 0 amide bonds. The number of thiazole rings is 1. The molecular weight excluding hydrogens is 252 g/mol. The maximum absolute atomic E-state index is 8.67. The van der Waals surface area contributed by atoms with Gasteiger partial charge in [-0.1, -0.05) is 18.2 Å². The quantitative estimate of drug-likeness (QED) is 0.480. The van der Waals surface area contributed by atoms with Crippen molar-refractivity contribution in [3.05, 3.63) is 18.2 Å². The molecule has 2 rings (SSSR count). The van der Waals surface area contributed by atoms with E-state index in [4.69, 9.17) is 10.8 Å². The molecule has 0 aliphatic rings. The maximum Gasteiger partial charge on any atom is 0.151 e. The van der Waals surface area contributed by atoms with Crippen LogP contribution in [0.4, 0.5) is 5.69 Å². The van der Waals surface area contributed by atoms with Crippen molar-refractivity contribution in [1.29, 1.82) is 0 Å². The van der Waals surface area contributed by atoms with Crippen molar-refractivity contribution in [3.63, 3.8) is 0 Å². The molecule has 0 aliphatic heterocycles. The molecule has 1 aromatic heterocycles. The summed E-state index contributed by atoms with van der Waals surface area (Å²) in [5.41, 5.74) is 7.56. The van der Waals surface area contributed by atoms with E-state index in [9.17, 15) is 0 Å². The molecule has 0 radical (unpaired) electrons. The van der Waals surface area contributed by atoms with Gasteiger partial charge in [0.2, 0.25) is 0 Å². The molecule has 0 aliphatic carbocycles. The van der Waals surface area contributed by atoms with Crippen molar-refractivity contribution < 1.29 is 5.11 Å². The van der Waals surface area contributed by atoms with Crippen LogP contribution in [0.2, 0.25) is 0 Å². The van der Waals surface area contributed by atoms with Crippen LogP contribution in [0.15, 0.2) is 22.5 Å². The minimum Gasteiger partial charge on any atom is -0.399 e. The second-order valence-corrected chi connectivity index (χ2v) is 6.21. The minimum atomic E-state index is 0.297. The van der Waals surface area contributed by atoms with Crippen LogP contribution in [-0.2, 0) is 0 Å². The molecule has 0 spiro atoms. The maximum atomic E-state index is 8.67. The van der Waals surface area contributed by atoms with Crippen LogP contribution in [0, 0.1) is 0 Å². The zero-order chi connectivity index (χ0) is 12.1. The Morgan fingerprint density at radius 1 is 1.29 bits per heavy atom. The molecule has 17 heavy (non-hydrogen) atoms. The van der Waals surface area contributed by atoms with Crippen LogP contribution in [0.5, 0.6) is 0 Å². The number of hydrogen-bond acceptors (Lipinski definition) is 5. The second kappa shape index (κ2) is 6.23. The number of nitrogens with zero attached hydrogens (tertiary/aromatic N) is 1. The molecule has 92 valence electrons. The predicted octanol–water partition coefficient (Wildman–Crippen LogP) is 3.13. The Labute approximate surface area is 109 Å². The fourth-order valence-corrected chi connectivity index (χ4v) is 3.72. The third-order valence-corrected chi connectivity index (χ3v) is 4.67. The fourth-order valence-electron chi connectivity index (χ4n) is 1.53. The number of benzene rings is 1. The summed E-state index contributed by atoms with van der Waals surface area (Å²) in [6.45, 7) is 0.297.